The van der Waals surface area contributed by atoms with Crippen LogP contribution >= 0.6 is 11.8 Å². The molecule has 0 spiro atoms. The molecule has 4 rings (SSSR count). The number of hydrogen-bond acceptors (Lipinski definition) is 5. The standard InChI is InChI=1S/C23H28N4O2S/c1-15-7-5-8-18(11-15)22-24-25-23(26(22)4)30-14-21(28)20-12-16(2)27(17(20)3)13-19-9-6-10-29-19/h5,7-8,11-12,19H,6,9-10,13-14H2,1-4H3. The van der Waals surface area contributed by atoms with Gasteiger partial charge >= 0.3 is 0 Å². The third kappa shape index (κ3) is 4.23. The maximum Gasteiger partial charge on any atom is 0.191 e. The van der Waals surface area contributed by atoms with E-state index in [2.05, 4.69) is 40.7 Å². The summed E-state index contributed by atoms with van der Waals surface area (Å²) in [6.45, 7) is 7.81. The van der Waals surface area contributed by atoms with Crippen LogP contribution in [0.4, 0.5) is 0 Å². The molecule has 1 unspecified atom stereocenters. The summed E-state index contributed by atoms with van der Waals surface area (Å²) in [6, 6.07) is 10.2. The second-order valence-electron chi connectivity index (χ2n) is 7.98. The van der Waals surface area contributed by atoms with Gasteiger partial charge in [0.15, 0.2) is 16.8 Å². The largest absolute Gasteiger partial charge is 0.376 e. The fourth-order valence-electron chi connectivity index (χ4n) is 4.04. The van der Waals surface area contributed by atoms with Gasteiger partial charge in [0.2, 0.25) is 0 Å². The molecule has 1 aliphatic heterocycles. The van der Waals surface area contributed by atoms with E-state index in [1.54, 1.807) is 0 Å². The first kappa shape index (κ1) is 20.9. The Morgan fingerprint density at radius 2 is 2.07 bits per heavy atom. The van der Waals surface area contributed by atoms with Crippen molar-refractivity contribution in [3.63, 3.8) is 0 Å². The lowest BCUT2D eigenvalue weighted by Crippen LogP contribution is -2.17. The number of Topliss-reactive ketones (excluding diaryl/α,β-unsaturated/α-hetero) is 1. The molecule has 158 valence electrons. The maximum atomic E-state index is 13.0. The van der Waals surface area contributed by atoms with E-state index >= 15 is 0 Å². The molecule has 3 heterocycles. The van der Waals surface area contributed by atoms with Crippen molar-refractivity contribution < 1.29 is 9.53 Å². The molecule has 7 heteroatoms. The van der Waals surface area contributed by atoms with Gasteiger partial charge in [-0.05, 0) is 45.7 Å². The van der Waals surface area contributed by atoms with Gasteiger partial charge in [0.05, 0.1) is 11.9 Å². The number of benzene rings is 1. The molecule has 1 saturated heterocycles. The predicted octanol–water partition coefficient (Wildman–Crippen LogP) is 4.36. The van der Waals surface area contributed by atoms with E-state index in [0.717, 1.165) is 59.5 Å². The van der Waals surface area contributed by atoms with Crippen LogP contribution < -0.4 is 0 Å². The van der Waals surface area contributed by atoms with Crippen molar-refractivity contribution in [2.75, 3.05) is 12.4 Å². The number of carbonyl (C=O) groups is 1. The minimum Gasteiger partial charge on any atom is -0.376 e. The van der Waals surface area contributed by atoms with Crippen LogP contribution in [0.25, 0.3) is 11.4 Å². The van der Waals surface area contributed by atoms with Gasteiger partial charge in [-0.25, -0.2) is 0 Å². The molecule has 0 amide bonds. The molecule has 6 nitrogen and oxygen atoms in total. The molecular formula is C23H28N4O2S. The number of carbonyl (C=O) groups excluding carboxylic acids is 1. The van der Waals surface area contributed by atoms with E-state index in [9.17, 15) is 4.79 Å². The summed E-state index contributed by atoms with van der Waals surface area (Å²) in [7, 11) is 1.94. The molecule has 1 fully saturated rings. The molecule has 0 radical (unpaired) electrons. The van der Waals surface area contributed by atoms with Crippen LogP contribution in [-0.2, 0) is 18.3 Å². The third-order valence-electron chi connectivity index (χ3n) is 5.73. The molecule has 0 saturated carbocycles. The fourth-order valence-corrected chi connectivity index (χ4v) is 4.83. The summed E-state index contributed by atoms with van der Waals surface area (Å²) < 4.78 is 9.94. The Morgan fingerprint density at radius 3 is 2.80 bits per heavy atom. The van der Waals surface area contributed by atoms with Crippen LogP contribution in [0.5, 0.6) is 0 Å². The molecule has 1 aliphatic rings. The number of ether oxygens (including phenoxy) is 1. The Balaban J connectivity index is 1.45. The van der Waals surface area contributed by atoms with Gasteiger partial charge in [-0.15, -0.1) is 10.2 Å². The van der Waals surface area contributed by atoms with Crippen LogP contribution in [0.15, 0.2) is 35.5 Å². The summed E-state index contributed by atoms with van der Waals surface area (Å²) in [5, 5.41) is 9.38. The normalized spacial score (nSPS) is 16.3. The molecule has 0 bridgehead atoms. The van der Waals surface area contributed by atoms with Crippen molar-refractivity contribution in [2.45, 2.75) is 51.4 Å². The smallest absolute Gasteiger partial charge is 0.191 e. The van der Waals surface area contributed by atoms with E-state index in [1.807, 2.05) is 36.7 Å². The van der Waals surface area contributed by atoms with Gasteiger partial charge in [0.1, 0.15) is 0 Å². The minimum absolute atomic E-state index is 0.117. The van der Waals surface area contributed by atoms with Gasteiger partial charge < -0.3 is 13.9 Å². The highest BCUT2D eigenvalue weighted by atomic mass is 32.2. The van der Waals surface area contributed by atoms with Crippen LogP contribution in [0.3, 0.4) is 0 Å². The SMILES string of the molecule is Cc1cccc(-c2nnc(SCC(=O)c3cc(C)n(CC4CCCO4)c3C)n2C)c1. The molecular weight excluding hydrogens is 396 g/mol. The summed E-state index contributed by atoms with van der Waals surface area (Å²) in [6.07, 6.45) is 2.46. The molecule has 2 aromatic heterocycles. The molecule has 3 aromatic rings. The second-order valence-corrected chi connectivity index (χ2v) is 8.92. The van der Waals surface area contributed by atoms with Crippen LogP contribution in [-0.4, -0.2) is 43.6 Å². The lowest BCUT2D eigenvalue weighted by atomic mass is 10.1. The summed E-state index contributed by atoms with van der Waals surface area (Å²) >= 11 is 1.43. The quantitative estimate of drug-likeness (QED) is 0.416. The first-order valence-electron chi connectivity index (χ1n) is 10.3. The number of ketones is 1. The van der Waals surface area contributed by atoms with E-state index < -0.39 is 0 Å². The molecule has 30 heavy (non-hydrogen) atoms. The zero-order chi connectivity index (χ0) is 21.3. The average molecular weight is 425 g/mol. The van der Waals surface area contributed by atoms with Crippen molar-refractivity contribution in [3.8, 4) is 11.4 Å². The van der Waals surface area contributed by atoms with Gasteiger partial charge in [0, 0.05) is 42.7 Å². The Hall–Kier alpha value is -2.38. The van der Waals surface area contributed by atoms with Crippen LogP contribution in [0.1, 0.15) is 40.2 Å². The lowest BCUT2D eigenvalue weighted by Gasteiger charge is -2.14. The summed E-state index contributed by atoms with van der Waals surface area (Å²) in [5.41, 5.74) is 5.13. The Kier molecular flexibility index (Phi) is 6.11. The van der Waals surface area contributed by atoms with Gasteiger partial charge in [0.25, 0.3) is 0 Å². The first-order chi connectivity index (χ1) is 14.4. The maximum absolute atomic E-state index is 13.0. The van der Waals surface area contributed by atoms with Gasteiger partial charge in [-0.3, -0.25) is 4.79 Å². The van der Waals surface area contributed by atoms with E-state index in [-0.39, 0.29) is 11.9 Å². The third-order valence-corrected chi connectivity index (χ3v) is 6.75. The molecule has 0 aliphatic carbocycles. The molecule has 1 atom stereocenters. The van der Waals surface area contributed by atoms with Gasteiger partial charge in [-0.1, -0.05) is 35.5 Å². The highest BCUT2D eigenvalue weighted by Crippen LogP contribution is 2.26. The Morgan fingerprint density at radius 1 is 1.23 bits per heavy atom. The zero-order valence-corrected chi connectivity index (χ0v) is 18.8. The van der Waals surface area contributed by atoms with Crippen molar-refractivity contribution >= 4 is 17.5 Å². The Bertz CT molecular complexity index is 1060. The van der Waals surface area contributed by atoms with Gasteiger partial charge in [-0.2, -0.15) is 0 Å². The predicted molar refractivity (Wildman–Crippen MR) is 119 cm³/mol. The average Bonchev–Trinajstić information content (AvgIpc) is 3.43. The highest BCUT2D eigenvalue weighted by Gasteiger charge is 2.22. The van der Waals surface area contributed by atoms with Crippen molar-refractivity contribution in [2.24, 2.45) is 7.05 Å². The summed E-state index contributed by atoms with van der Waals surface area (Å²) in [5.74, 6) is 1.26. The topological polar surface area (TPSA) is 61.9 Å². The molecule has 0 N–H and O–H groups in total. The van der Waals surface area contributed by atoms with Crippen LogP contribution in [0, 0.1) is 20.8 Å². The lowest BCUT2D eigenvalue weighted by molar-refractivity contribution is 0.0957. The van der Waals surface area contributed by atoms with Crippen molar-refractivity contribution in [3.05, 3.63) is 52.8 Å². The number of hydrogen-bond donors (Lipinski definition) is 0. The fraction of sp³-hybridized carbons (Fsp3) is 0.435. The van der Waals surface area contributed by atoms with E-state index in [1.165, 1.54) is 17.3 Å². The number of thioether (sulfide) groups is 1. The van der Waals surface area contributed by atoms with Crippen molar-refractivity contribution in [1.29, 1.82) is 0 Å². The molecule has 1 aromatic carbocycles. The second kappa shape index (κ2) is 8.78. The minimum atomic E-state index is 0.117. The monoisotopic (exact) mass is 424 g/mol. The van der Waals surface area contributed by atoms with Crippen LogP contribution in [0.2, 0.25) is 0 Å². The highest BCUT2D eigenvalue weighted by molar-refractivity contribution is 7.99. The summed E-state index contributed by atoms with van der Waals surface area (Å²) in [4.78, 5) is 13.0. The van der Waals surface area contributed by atoms with Crippen molar-refractivity contribution in [1.82, 2.24) is 19.3 Å². The van der Waals surface area contributed by atoms with E-state index in [4.69, 9.17) is 4.74 Å². The number of rotatable bonds is 7. The number of nitrogens with zero attached hydrogens (tertiary/aromatic N) is 4. The zero-order valence-electron chi connectivity index (χ0n) is 18.0. The Labute approximate surface area is 181 Å². The van der Waals surface area contributed by atoms with E-state index in [0.29, 0.717) is 5.75 Å². The number of aryl methyl sites for hydroxylation is 2. The number of aromatic nitrogens is 4. The first-order valence-corrected chi connectivity index (χ1v) is 11.3.